The van der Waals surface area contributed by atoms with Crippen molar-refractivity contribution in [2.24, 2.45) is 34.5 Å². The Morgan fingerprint density at radius 3 is 2.58 bits per heavy atom. The average molecular weight is 445 g/mol. The average Bonchev–Trinajstić information content (AvgIpc) is 3.43. The molecule has 0 radical (unpaired) electrons. The minimum Gasteiger partial charge on any atom is -0.490 e. The molecule has 8 atom stereocenters. The van der Waals surface area contributed by atoms with Gasteiger partial charge in [-0.1, -0.05) is 26.8 Å². The summed E-state index contributed by atoms with van der Waals surface area (Å²) in [4.78, 5) is 12.0. The third-order valence-electron chi connectivity index (χ3n) is 9.83. The first-order valence-electron chi connectivity index (χ1n) is 12.8. The number of benzene rings is 1. The molecule has 33 heavy (non-hydrogen) atoms. The highest BCUT2D eigenvalue weighted by Crippen LogP contribution is 2.64. The minimum absolute atomic E-state index is 0.0830. The molecule has 1 amide bonds. The van der Waals surface area contributed by atoms with Gasteiger partial charge in [-0.25, -0.2) is 0 Å². The second-order valence-electron chi connectivity index (χ2n) is 11.7. The van der Waals surface area contributed by atoms with Crippen LogP contribution >= 0.6 is 0 Å². The predicted octanol–water partition coefficient (Wildman–Crippen LogP) is 5.77. The number of ether oxygens (including phenoxy) is 1. The Kier molecular flexibility index (Phi) is 4.80. The number of carbonyl (C=O) groups excluding carboxylic acids is 1. The summed E-state index contributed by atoms with van der Waals surface area (Å²) in [5, 5.41) is 3.30. The van der Waals surface area contributed by atoms with Crippen molar-refractivity contribution in [2.45, 2.75) is 65.0 Å². The number of carbonyl (C=O) groups is 1. The van der Waals surface area contributed by atoms with Crippen molar-refractivity contribution in [3.05, 3.63) is 60.9 Å². The van der Waals surface area contributed by atoms with Gasteiger partial charge in [0.2, 0.25) is 5.91 Å². The Morgan fingerprint density at radius 1 is 1.06 bits per heavy atom. The van der Waals surface area contributed by atoms with Crippen LogP contribution in [0.5, 0.6) is 5.75 Å². The maximum Gasteiger partial charge on any atom is 0.243 e. The Morgan fingerprint density at radius 2 is 1.82 bits per heavy atom. The first kappa shape index (κ1) is 21.1. The molecule has 3 fully saturated rings. The number of fused-ring (bicyclic) bond motifs is 5. The molecule has 4 nitrogen and oxygen atoms in total. The third kappa shape index (κ3) is 3.36. The van der Waals surface area contributed by atoms with E-state index < -0.39 is 0 Å². The van der Waals surface area contributed by atoms with Gasteiger partial charge in [-0.2, -0.15) is 0 Å². The van der Waals surface area contributed by atoms with Crippen LogP contribution in [0.3, 0.4) is 0 Å². The van der Waals surface area contributed by atoms with Crippen molar-refractivity contribution in [3.63, 3.8) is 0 Å². The third-order valence-corrected chi connectivity index (χ3v) is 9.83. The first-order valence-corrected chi connectivity index (χ1v) is 12.8. The van der Waals surface area contributed by atoms with Gasteiger partial charge in [-0.15, -0.1) is 0 Å². The molecule has 1 aliphatic heterocycles. The zero-order valence-electron chi connectivity index (χ0n) is 20.0. The first-order chi connectivity index (χ1) is 15.9. The van der Waals surface area contributed by atoms with Crippen molar-refractivity contribution < 1.29 is 9.53 Å². The van der Waals surface area contributed by atoms with Gasteiger partial charge in [0.15, 0.2) is 0 Å². The summed E-state index contributed by atoms with van der Waals surface area (Å²) >= 11 is 0. The van der Waals surface area contributed by atoms with E-state index in [1.54, 1.807) is 6.08 Å². The fourth-order valence-corrected chi connectivity index (χ4v) is 8.16. The minimum atomic E-state index is 0.0830. The molecule has 0 bridgehead atoms. The summed E-state index contributed by atoms with van der Waals surface area (Å²) in [5.41, 5.74) is 1.60. The molecule has 174 valence electrons. The number of nitrogens with zero attached hydrogens (tertiary/aromatic N) is 1. The van der Waals surface area contributed by atoms with Crippen LogP contribution in [0, 0.1) is 34.5 Å². The number of hydrogen-bond acceptors (Lipinski definition) is 2. The Balaban J connectivity index is 1.21. The van der Waals surface area contributed by atoms with Crippen molar-refractivity contribution in [2.75, 3.05) is 0 Å². The molecule has 2 heterocycles. The molecule has 1 aromatic heterocycles. The second kappa shape index (κ2) is 7.51. The SMILES string of the molecule is CC1CC2NC(=O)C=C[C@]2(C)[C@@H]2CC[C@]3(C)CC(Oc4ccc(-n5cccc5)cc4)C[C@H]3[C@H]12. The maximum atomic E-state index is 12.0. The summed E-state index contributed by atoms with van der Waals surface area (Å²) in [6.07, 6.45) is 14.4. The Hall–Kier alpha value is -2.49. The molecule has 3 aliphatic carbocycles. The molecule has 0 saturated heterocycles. The van der Waals surface area contributed by atoms with E-state index in [4.69, 9.17) is 4.74 Å². The van der Waals surface area contributed by atoms with Crippen molar-refractivity contribution in [1.29, 1.82) is 0 Å². The van der Waals surface area contributed by atoms with Crippen LogP contribution in [0.4, 0.5) is 0 Å². The summed E-state index contributed by atoms with van der Waals surface area (Å²) in [6.45, 7) is 7.35. The van der Waals surface area contributed by atoms with Gasteiger partial charge in [0.25, 0.3) is 0 Å². The van der Waals surface area contributed by atoms with Gasteiger partial charge in [0.1, 0.15) is 5.75 Å². The number of hydrogen-bond donors (Lipinski definition) is 1. The molecule has 6 rings (SSSR count). The van der Waals surface area contributed by atoms with Crippen LogP contribution in [0.2, 0.25) is 0 Å². The maximum absolute atomic E-state index is 12.0. The fourth-order valence-electron chi connectivity index (χ4n) is 8.16. The summed E-state index contributed by atoms with van der Waals surface area (Å²) in [5.74, 6) is 3.73. The van der Waals surface area contributed by atoms with E-state index in [0.29, 0.717) is 29.1 Å². The van der Waals surface area contributed by atoms with Crippen LogP contribution < -0.4 is 10.1 Å². The number of aromatic nitrogens is 1. The highest BCUT2D eigenvalue weighted by Gasteiger charge is 2.60. The van der Waals surface area contributed by atoms with Gasteiger partial charge in [0, 0.05) is 29.5 Å². The van der Waals surface area contributed by atoms with Crippen LogP contribution in [-0.4, -0.2) is 22.6 Å². The van der Waals surface area contributed by atoms with Crippen molar-refractivity contribution >= 4 is 5.91 Å². The summed E-state index contributed by atoms with van der Waals surface area (Å²) in [6, 6.07) is 12.9. The molecule has 4 aliphatic rings. The van der Waals surface area contributed by atoms with Crippen LogP contribution in [0.1, 0.15) is 52.9 Å². The lowest BCUT2D eigenvalue weighted by Gasteiger charge is -2.60. The van der Waals surface area contributed by atoms with Gasteiger partial charge in [0.05, 0.1) is 6.10 Å². The highest BCUT2D eigenvalue weighted by molar-refractivity contribution is 5.89. The fraction of sp³-hybridized carbons (Fsp3) is 0.552. The van der Waals surface area contributed by atoms with E-state index in [2.05, 4.69) is 73.4 Å². The van der Waals surface area contributed by atoms with E-state index in [1.807, 2.05) is 12.1 Å². The Labute approximate surface area is 197 Å². The molecule has 3 saturated carbocycles. The van der Waals surface area contributed by atoms with Crippen LogP contribution in [0.25, 0.3) is 5.69 Å². The quantitative estimate of drug-likeness (QED) is 0.653. The van der Waals surface area contributed by atoms with E-state index in [9.17, 15) is 4.79 Å². The van der Waals surface area contributed by atoms with Crippen molar-refractivity contribution in [1.82, 2.24) is 9.88 Å². The van der Waals surface area contributed by atoms with Crippen LogP contribution in [0.15, 0.2) is 60.9 Å². The highest BCUT2D eigenvalue weighted by atomic mass is 16.5. The monoisotopic (exact) mass is 444 g/mol. The zero-order valence-corrected chi connectivity index (χ0v) is 20.0. The van der Waals surface area contributed by atoms with Crippen molar-refractivity contribution in [3.8, 4) is 11.4 Å². The van der Waals surface area contributed by atoms with Gasteiger partial charge in [-0.3, -0.25) is 4.79 Å². The lowest BCUT2D eigenvalue weighted by Crippen LogP contribution is -2.61. The van der Waals surface area contributed by atoms with E-state index in [-0.39, 0.29) is 23.5 Å². The second-order valence-corrected chi connectivity index (χ2v) is 11.7. The number of amides is 1. The van der Waals surface area contributed by atoms with Crippen LogP contribution in [-0.2, 0) is 4.79 Å². The topological polar surface area (TPSA) is 43.3 Å². The normalized spacial score (nSPS) is 41.6. The lowest BCUT2D eigenvalue weighted by atomic mass is 9.46. The largest absolute Gasteiger partial charge is 0.490 e. The van der Waals surface area contributed by atoms with Gasteiger partial charge >= 0.3 is 0 Å². The van der Waals surface area contributed by atoms with E-state index in [0.717, 1.165) is 30.7 Å². The molecular formula is C29H36N2O2. The van der Waals surface area contributed by atoms with E-state index in [1.165, 1.54) is 12.8 Å². The molecule has 3 unspecified atom stereocenters. The summed E-state index contributed by atoms with van der Waals surface area (Å²) < 4.78 is 8.71. The number of rotatable bonds is 3. The molecule has 4 heteroatoms. The summed E-state index contributed by atoms with van der Waals surface area (Å²) in [7, 11) is 0. The molecule has 0 spiro atoms. The van der Waals surface area contributed by atoms with E-state index >= 15 is 0 Å². The molecule has 1 N–H and O–H groups in total. The molecule has 2 aromatic rings. The smallest absolute Gasteiger partial charge is 0.243 e. The zero-order chi connectivity index (χ0) is 22.8. The lowest BCUT2D eigenvalue weighted by molar-refractivity contribution is -0.124. The number of nitrogens with one attached hydrogen (secondary N) is 1. The predicted molar refractivity (Wildman–Crippen MR) is 130 cm³/mol. The van der Waals surface area contributed by atoms with Gasteiger partial charge in [-0.05, 0) is 104 Å². The molecule has 1 aromatic carbocycles. The standard InChI is InChI=1S/C29H36N2O2/c1-19-16-25-29(3,13-11-26(32)30-25)23-10-12-28(2)18-22(17-24(28)27(19)23)33-21-8-6-20(7-9-21)31-14-4-5-15-31/h4-9,11,13-15,19,22-25,27H,10,12,16-18H2,1-3H3,(H,30,32)/t19?,22?,23-,24+,25?,27-,28-,29-/m1/s1. The van der Waals surface area contributed by atoms with Gasteiger partial charge < -0.3 is 14.6 Å². The molecular weight excluding hydrogens is 408 g/mol. The Bertz CT molecular complexity index is 1060.